The number of benzene rings is 2. The summed E-state index contributed by atoms with van der Waals surface area (Å²) in [6, 6.07) is 11.3. The molecule has 0 N–H and O–H groups in total. The summed E-state index contributed by atoms with van der Waals surface area (Å²) in [5.41, 5.74) is 0.696. The van der Waals surface area contributed by atoms with Crippen molar-refractivity contribution in [2.75, 3.05) is 7.11 Å². The van der Waals surface area contributed by atoms with Gasteiger partial charge in [0.25, 0.3) is 0 Å². The third-order valence-electron chi connectivity index (χ3n) is 2.26. The first-order chi connectivity index (χ1) is 6.86. The Bertz CT molecular complexity index is 480. The van der Waals surface area contributed by atoms with Crippen LogP contribution in [0, 0.1) is 0 Å². The zero-order valence-electron chi connectivity index (χ0n) is 7.86. The third kappa shape index (κ3) is 1.31. The molecule has 14 heavy (non-hydrogen) atoms. The minimum absolute atomic E-state index is 0.696. The number of rotatable bonds is 2. The van der Waals surface area contributed by atoms with Crippen LogP contribution in [-0.4, -0.2) is 14.3 Å². The number of hydrogen-bond acceptors (Lipinski definition) is 2. The van der Waals surface area contributed by atoms with Crippen LogP contribution in [0.2, 0.25) is 0 Å². The molecule has 0 radical (unpaired) electrons. The monoisotopic (exact) mass is 184 g/mol. The second kappa shape index (κ2) is 3.62. The zero-order chi connectivity index (χ0) is 9.97. The van der Waals surface area contributed by atoms with Crippen molar-refractivity contribution >= 4 is 23.4 Å². The molecule has 0 atom stereocenters. The van der Waals surface area contributed by atoms with Crippen molar-refractivity contribution in [3.63, 3.8) is 0 Å². The van der Waals surface area contributed by atoms with Crippen LogP contribution in [0.25, 0.3) is 10.8 Å². The van der Waals surface area contributed by atoms with Crippen LogP contribution in [0.15, 0.2) is 36.4 Å². The van der Waals surface area contributed by atoms with Crippen molar-refractivity contribution in [2.24, 2.45) is 0 Å². The van der Waals surface area contributed by atoms with Gasteiger partial charge in [-0.15, -0.1) is 0 Å². The molecule has 0 heterocycles. The van der Waals surface area contributed by atoms with Gasteiger partial charge < -0.3 is 0 Å². The molecule has 2 nitrogen and oxygen atoms in total. The van der Waals surface area contributed by atoms with E-state index in [2.05, 4.69) is 0 Å². The minimum atomic E-state index is 0.696. The normalized spacial score (nSPS) is 9.79. The van der Waals surface area contributed by atoms with Gasteiger partial charge in [0, 0.05) is 0 Å². The van der Waals surface area contributed by atoms with Crippen molar-refractivity contribution in [1.82, 2.24) is 0 Å². The van der Waals surface area contributed by atoms with Crippen molar-refractivity contribution in [3.05, 3.63) is 36.4 Å². The summed E-state index contributed by atoms with van der Waals surface area (Å²) < 4.78 is 16.0. The fourth-order valence-electron chi connectivity index (χ4n) is 1.58. The van der Waals surface area contributed by atoms with E-state index in [9.17, 15) is 4.70 Å². The van der Waals surface area contributed by atoms with Gasteiger partial charge in [-0.1, -0.05) is 0 Å². The second-order valence-electron chi connectivity index (χ2n) is 3.02. The van der Waals surface area contributed by atoms with Crippen LogP contribution >= 0.6 is 0 Å². The maximum absolute atomic E-state index is 10.8. The van der Waals surface area contributed by atoms with E-state index in [1.807, 2.05) is 30.3 Å². The molecule has 0 aliphatic carbocycles. The van der Waals surface area contributed by atoms with Crippen molar-refractivity contribution in [1.29, 1.82) is 0 Å². The fourth-order valence-corrected chi connectivity index (χ4v) is 1.58. The van der Waals surface area contributed by atoms with Gasteiger partial charge in [0.1, 0.15) is 0 Å². The first kappa shape index (κ1) is 8.94. The van der Waals surface area contributed by atoms with Gasteiger partial charge >= 0.3 is 82.1 Å². The maximum atomic E-state index is 10.8. The van der Waals surface area contributed by atoms with Gasteiger partial charge in [0.2, 0.25) is 0 Å². The average molecular weight is 184 g/mol. The molecule has 0 bridgehead atoms. The van der Waals surface area contributed by atoms with Gasteiger partial charge in [-0.25, -0.2) is 0 Å². The van der Waals surface area contributed by atoms with Gasteiger partial charge in [-0.05, 0) is 0 Å². The Morgan fingerprint density at radius 3 is 2.43 bits per heavy atom. The molecule has 0 unspecified atom stereocenters. The zero-order valence-corrected chi connectivity index (χ0v) is 7.86. The van der Waals surface area contributed by atoms with E-state index < -0.39 is 0 Å². The van der Waals surface area contributed by atoms with E-state index in [0.717, 1.165) is 23.7 Å². The van der Waals surface area contributed by atoms with E-state index in [-0.39, 0.29) is 0 Å². The van der Waals surface area contributed by atoms with Gasteiger partial charge in [0.15, 0.2) is 0 Å². The molecule has 2 aromatic rings. The summed E-state index contributed by atoms with van der Waals surface area (Å²) in [5, 5.41) is 1.90. The summed E-state index contributed by atoms with van der Waals surface area (Å²) in [6.07, 6.45) is 0. The van der Waals surface area contributed by atoms with Gasteiger partial charge in [0.05, 0.1) is 0 Å². The molecule has 68 valence electrons. The Balaban J connectivity index is 2.84. The quantitative estimate of drug-likeness (QED) is 0.661. The second-order valence-corrected chi connectivity index (χ2v) is 3.02. The topological polar surface area (TPSA) is 26.3 Å². The number of ether oxygens (including phenoxy) is 1. The first-order valence-electron chi connectivity index (χ1n) is 4.37. The molecule has 0 aliphatic rings. The van der Waals surface area contributed by atoms with E-state index in [1.165, 1.54) is 0 Å². The number of methoxy groups -OCH3 is 1. The summed E-state index contributed by atoms with van der Waals surface area (Å²) >= 11 is 0. The number of fused-ring (bicyclic) bond motifs is 1. The Morgan fingerprint density at radius 1 is 1.07 bits per heavy atom. The summed E-state index contributed by atoms with van der Waals surface area (Å²) in [6.45, 7) is 0. The predicted molar refractivity (Wildman–Crippen MR) is 56.6 cm³/mol. The van der Waals surface area contributed by atoms with Crippen LogP contribution in [-0.2, 0) is 4.70 Å². The van der Waals surface area contributed by atoms with E-state index in [4.69, 9.17) is 4.74 Å². The van der Waals surface area contributed by atoms with Crippen LogP contribution < -0.4 is 10.2 Å². The molecule has 3 heteroatoms. The van der Waals surface area contributed by atoms with Gasteiger partial charge in [-0.3, -0.25) is 0 Å². The van der Waals surface area contributed by atoms with E-state index >= 15 is 0 Å². The summed E-state index contributed by atoms with van der Waals surface area (Å²) in [4.78, 5) is 0. The predicted octanol–water partition coefficient (Wildman–Crippen LogP) is 1.52. The Hall–Kier alpha value is -1.64. The molecular formula is C11H9BO2. The van der Waals surface area contributed by atoms with Crippen LogP contribution in [0.3, 0.4) is 0 Å². The fraction of sp³-hybridized carbons (Fsp3) is 0.0909. The molecule has 0 aromatic heterocycles. The standard InChI is InChI=1S/C11H9BO2/c1-14-11-7-6-10(12-13)8-4-2-3-5-9(8)11/h2-7H,1H3. The van der Waals surface area contributed by atoms with E-state index in [1.54, 1.807) is 13.2 Å². The molecule has 0 saturated heterocycles. The molecule has 0 aliphatic heterocycles. The summed E-state index contributed by atoms with van der Waals surface area (Å²) in [7, 11) is 2.49. The van der Waals surface area contributed by atoms with Crippen LogP contribution in [0.5, 0.6) is 5.75 Å². The van der Waals surface area contributed by atoms with Crippen molar-refractivity contribution < 1.29 is 9.44 Å². The molecule has 0 spiro atoms. The average Bonchev–Trinajstić information content (AvgIpc) is 2.27. The molecule has 0 fully saturated rings. The summed E-state index contributed by atoms with van der Waals surface area (Å²) in [5.74, 6) is 0.797. The molecule has 0 saturated carbocycles. The number of hydrogen-bond donors (Lipinski definition) is 0. The SMILES string of the molecule is COc1ccc(B=O)c2ccccc12. The Labute approximate surface area is 82.8 Å². The Kier molecular flexibility index (Phi) is 2.31. The molecule has 2 aromatic carbocycles. The Morgan fingerprint density at radius 2 is 1.79 bits per heavy atom. The molecular weight excluding hydrogens is 175 g/mol. The van der Waals surface area contributed by atoms with Gasteiger partial charge in [-0.2, -0.15) is 0 Å². The van der Waals surface area contributed by atoms with Crippen molar-refractivity contribution in [3.8, 4) is 5.75 Å². The molecule has 0 amide bonds. The van der Waals surface area contributed by atoms with Crippen LogP contribution in [0.4, 0.5) is 0 Å². The third-order valence-corrected chi connectivity index (χ3v) is 2.26. The molecule has 2 rings (SSSR count). The van der Waals surface area contributed by atoms with E-state index in [0.29, 0.717) is 5.46 Å². The van der Waals surface area contributed by atoms with Crippen molar-refractivity contribution in [2.45, 2.75) is 0 Å². The first-order valence-corrected chi connectivity index (χ1v) is 4.37. The van der Waals surface area contributed by atoms with Crippen LogP contribution in [0.1, 0.15) is 0 Å².